The number of carbonyl (C=O) groups excluding carboxylic acids is 2. The van der Waals surface area contributed by atoms with Gasteiger partial charge in [0.15, 0.2) is 0 Å². The Kier molecular flexibility index (Phi) is 7.97. The van der Waals surface area contributed by atoms with Crippen LogP contribution in [0.3, 0.4) is 0 Å². The van der Waals surface area contributed by atoms with Gasteiger partial charge in [0.05, 0.1) is 22.3 Å². The van der Waals surface area contributed by atoms with Gasteiger partial charge in [-0.15, -0.1) is 0 Å². The number of anilines is 3. The standard InChI is InChI=1S/C21H25Cl2N5O3/c1-31-13-18(24)20(29)25-14-5-7-15(8-6-14)27-9-11-28(12-10-27)21(30)26-19-16(22)3-2-4-17(19)23/h2-8,18H,9-13,24H2,1H3,(H,25,29)(H,26,30). The third-order valence-corrected chi connectivity index (χ3v) is 5.57. The highest BCUT2D eigenvalue weighted by atomic mass is 35.5. The predicted octanol–water partition coefficient (Wildman–Crippen LogP) is 3.26. The zero-order valence-corrected chi connectivity index (χ0v) is 18.6. The fourth-order valence-electron chi connectivity index (χ4n) is 3.22. The van der Waals surface area contributed by atoms with E-state index in [9.17, 15) is 9.59 Å². The highest BCUT2D eigenvalue weighted by molar-refractivity contribution is 6.39. The molecule has 1 aliphatic heterocycles. The molecule has 0 radical (unpaired) electrons. The fraction of sp³-hybridized carbons (Fsp3) is 0.333. The summed E-state index contributed by atoms with van der Waals surface area (Å²) in [4.78, 5) is 28.5. The summed E-state index contributed by atoms with van der Waals surface area (Å²) in [6.45, 7) is 2.61. The van der Waals surface area contributed by atoms with Crippen molar-refractivity contribution in [3.05, 3.63) is 52.5 Å². The molecule has 0 bridgehead atoms. The molecule has 3 amide bonds. The average molecular weight is 466 g/mol. The number of benzene rings is 2. The molecular weight excluding hydrogens is 441 g/mol. The summed E-state index contributed by atoms with van der Waals surface area (Å²) in [5.74, 6) is -0.298. The minimum atomic E-state index is -0.718. The average Bonchev–Trinajstić information content (AvgIpc) is 2.77. The Hall–Kier alpha value is -2.52. The topological polar surface area (TPSA) is 99.9 Å². The number of para-hydroxylation sites is 1. The van der Waals surface area contributed by atoms with Crippen molar-refractivity contribution in [1.82, 2.24) is 4.90 Å². The lowest BCUT2D eigenvalue weighted by Gasteiger charge is -2.36. The van der Waals surface area contributed by atoms with Crippen LogP contribution in [-0.4, -0.2) is 62.8 Å². The molecule has 1 heterocycles. The van der Waals surface area contributed by atoms with Gasteiger partial charge in [0.2, 0.25) is 5.91 Å². The second-order valence-corrected chi connectivity index (χ2v) is 7.91. The number of piperazine rings is 1. The van der Waals surface area contributed by atoms with Crippen LogP contribution in [0, 0.1) is 0 Å². The first-order valence-electron chi connectivity index (χ1n) is 9.79. The van der Waals surface area contributed by atoms with Crippen LogP contribution in [0.1, 0.15) is 0 Å². The van der Waals surface area contributed by atoms with E-state index < -0.39 is 6.04 Å². The van der Waals surface area contributed by atoms with Crippen LogP contribution in [0.2, 0.25) is 10.0 Å². The van der Waals surface area contributed by atoms with Crippen molar-refractivity contribution in [3.63, 3.8) is 0 Å². The van der Waals surface area contributed by atoms with E-state index >= 15 is 0 Å². The van der Waals surface area contributed by atoms with E-state index in [-0.39, 0.29) is 18.5 Å². The third-order valence-electron chi connectivity index (χ3n) is 4.94. The number of amides is 3. The number of nitrogens with zero attached hydrogens (tertiary/aromatic N) is 2. The minimum absolute atomic E-state index is 0.157. The van der Waals surface area contributed by atoms with Gasteiger partial charge >= 0.3 is 6.03 Å². The van der Waals surface area contributed by atoms with Gasteiger partial charge in [-0.2, -0.15) is 0 Å². The summed E-state index contributed by atoms with van der Waals surface area (Å²) < 4.78 is 4.89. The van der Waals surface area contributed by atoms with Gasteiger partial charge in [-0.25, -0.2) is 4.79 Å². The number of hydrogen-bond acceptors (Lipinski definition) is 5. The third kappa shape index (κ3) is 6.01. The predicted molar refractivity (Wildman–Crippen MR) is 124 cm³/mol. The Morgan fingerprint density at radius 3 is 2.23 bits per heavy atom. The van der Waals surface area contributed by atoms with E-state index in [0.717, 1.165) is 5.69 Å². The van der Waals surface area contributed by atoms with E-state index in [1.807, 2.05) is 24.3 Å². The van der Waals surface area contributed by atoms with E-state index in [1.165, 1.54) is 7.11 Å². The van der Waals surface area contributed by atoms with Crippen LogP contribution in [-0.2, 0) is 9.53 Å². The molecule has 0 aliphatic carbocycles. The van der Waals surface area contributed by atoms with Crippen LogP contribution in [0.15, 0.2) is 42.5 Å². The largest absolute Gasteiger partial charge is 0.383 e. The van der Waals surface area contributed by atoms with Crippen LogP contribution in [0.4, 0.5) is 21.9 Å². The van der Waals surface area contributed by atoms with E-state index in [1.54, 1.807) is 23.1 Å². The number of halogens is 2. The highest BCUT2D eigenvalue weighted by Crippen LogP contribution is 2.30. The molecule has 1 saturated heterocycles. The molecule has 1 fully saturated rings. The molecule has 0 aromatic heterocycles. The van der Waals surface area contributed by atoms with Gasteiger partial charge in [0.25, 0.3) is 0 Å². The van der Waals surface area contributed by atoms with Gasteiger partial charge in [0, 0.05) is 44.7 Å². The van der Waals surface area contributed by atoms with Crippen LogP contribution < -0.4 is 21.3 Å². The molecule has 166 valence electrons. The molecule has 0 saturated carbocycles. The molecule has 1 aliphatic rings. The molecule has 0 spiro atoms. The number of hydrogen-bond donors (Lipinski definition) is 3. The number of urea groups is 1. The van der Waals surface area contributed by atoms with Gasteiger partial charge in [0.1, 0.15) is 6.04 Å². The Balaban J connectivity index is 1.52. The molecule has 1 atom stereocenters. The van der Waals surface area contributed by atoms with Crippen LogP contribution >= 0.6 is 23.2 Å². The summed E-state index contributed by atoms with van der Waals surface area (Å²) in [7, 11) is 1.50. The Morgan fingerprint density at radius 2 is 1.65 bits per heavy atom. The molecule has 31 heavy (non-hydrogen) atoms. The summed E-state index contributed by atoms with van der Waals surface area (Å²) in [5, 5.41) is 6.35. The molecule has 2 aromatic rings. The zero-order chi connectivity index (χ0) is 22.4. The van der Waals surface area contributed by atoms with Crippen molar-refractivity contribution in [2.45, 2.75) is 6.04 Å². The lowest BCUT2D eigenvalue weighted by molar-refractivity contribution is -0.118. The summed E-state index contributed by atoms with van der Waals surface area (Å²) >= 11 is 12.3. The Labute approximate surface area is 191 Å². The first-order valence-corrected chi connectivity index (χ1v) is 10.5. The van der Waals surface area contributed by atoms with Gasteiger partial charge in [-0.05, 0) is 36.4 Å². The molecular formula is C21H25Cl2N5O3. The maximum absolute atomic E-state index is 12.6. The lowest BCUT2D eigenvalue weighted by atomic mass is 10.2. The van der Waals surface area contributed by atoms with Crippen molar-refractivity contribution in [3.8, 4) is 0 Å². The van der Waals surface area contributed by atoms with Crippen molar-refractivity contribution in [2.24, 2.45) is 5.73 Å². The number of carbonyl (C=O) groups is 2. The van der Waals surface area contributed by atoms with Gasteiger partial charge < -0.3 is 30.9 Å². The van der Waals surface area contributed by atoms with Gasteiger partial charge in [-0.3, -0.25) is 4.79 Å². The van der Waals surface area contributed by atoms with Crippen molar-refractivity contribution in [1.29, 1.82) is 0 Å². The van der Waals surface area contributed by atoms with E-state index in [2.05, 4.69) is 15.5 Å². The number of nitrogens with two attached hydrogens (primary N) is 1. The van der Waals surface area contributed by atoms with Crippen molar-refractivity contribution in [2.75, 3.05) is 55.4 Å². The summed E-state index contributed by atoms with van der Waals surface area (Å²) in [6, 6.07) is 11.6. The monoisotopic (exact) mass is 465 g/mol. The lowest BCUT2D eigenvalue weighted by Crippen LogP contribution is -2.50. The number of rotatable bonds is 6. The molecule has 1 unspecified atom stereocenters. The number of nitrogens with one attached hydrogen (secondary N) is 2. The molecule has 8 nitrogen and oxygen atoms in total. The smallest absolute Gasteiger partial charge is 0.322 e. The number of ether oxygens (including phenoxy) is 1. The van der Waals surface area contributed by atoms with Crippen LogP contribution in [0.25, 0.3) is 0 Å². The fourth-order valence-corrected chi connectivity index (χ4v) is 3.71. The zero-order valence-electron chi connectivity index (χ0n) is 17.1. The maximum atomic E-state index is 12.6. The summed E-state index contributed by atoms with van der Waals surface area (Å²) in [5.41, 5.74) is 7.82. The van der Waals surface area contributed by atoms with E-state index in [4.69, 9.17) is 33.7 Å². The Bertz CT molecular complexity index is 897. The first-order chi connectivity index (χ1) is 14.9. The van der Waals surface area contributed by atoms with Crippen LogP contribution in [0.5, 0.6) is 0 Å². The van der Waals surface area contributed by atoms with Crippen molar-refractivity contribution >= 4 is 52.2 Å². The normalized spacial score (nSPS) is 14.8. The highest BCUT2D eigenvalue weighted by Gasteiger charge is 2.22. The van der Waals surface area contributed by atoms with E-state index in [0.29, 0.717) is 47.6 Å². The Morgan fingerprint density at radius 1 is 1.03 bits per heavy atom. The second-order valence-electron chi connectivity index (χ2n) is 7.10. The maximum Gasteiger partial charge on any atom is 0.322 e. The quantitative estimate of drug-likeness (QED) is 0.607. The molecule has 2 aromatic carbocycles. The molecule has 4 N–H and O–H groups in total. The van der Waals surface area contributed by atoms with Gasteiger partial charge in [-0.1, -0.05) is 29.3 Å². The summed E-state index contributed by atoms with van der Waals surface area (Å²) in [6.07, 6.45) is 0. The minimum Gasteiger partial charge on any atom is -0.383 e. The number of methoxy groups -OCH3 is 1. The molecule has 3 rings (SSSR count). The molecule has 10 heteroatoms. The van der Waals surface area contributed by atoms with Crippen molar-refractivity contribution < 1.29 is 14.3 Å². The second kappa shape index (κ2) is 10.7. The SMILES string of the molecule is COCC(N)C(=O)Nc1ccc(N2CCN(C(=O)Nc3c(Cl)cccc3Cl)CC2)cc1. The first kappa shape index (κ1) is 23.1.